The van der Waals surface area contributed by atoms with Crippen molar-refractivity contribution in [2.24, 2.45) is 0 Å². The van der Waals surface area contributed by atoms with Crippen molar-refractivity contribution in [1.29, 1.82) is 0 Å². The number of fused-ring (bicyclic) bond motifs is 1. The van der Waals surface area contributed by atoms with E-state index in [1.165, 1.54) is 28.9 Å². The molecular weight excluding hydrogens is 266 g/mol. The number of aryl methyl sites for hydroxylation is 1. The number of aromatic nitrogens is 2. The summed E-state index contributed by atoms with van der Waals surface area (Å²) in [6.07, 6.45) is 5.36. The normalized spacial score (nSPS) is 11.6. The third kappa shape index (κ3) is 4.00. The van der Waals surface area contributed by atoms with Crippen LogP contribution in [0.5, 0.6) is 0 Å². The van der Waals surface area contributed by atoms with Gasteiger partial charge in [0.2, 0.25) is 0 Å². The van der Waals surface area contributed by atoms with Crippen molar-refractivity contribution in [3.8, 4) is 0 Å². The van der Waals surface area contributed by atoms with Gasteiger partial charge in [0.1, 0.15) is 5.65 Å². The Hall–Kier alpha value is -1.00. The van der Waals surface area contributed by atoms with Gasteiger partial charge in [-0.3, -0.25) is 0 Å². The fourth-order valence-electron chi connectivity index (χ4n) is 2.30. The first kappa shape index (κ1) is 15.4. The molecule has 0 aromatic carbocycles. The Morgan fingerprint density at radius 2 is 2.25 bits per heavy atom. The van der Waals surface area contributed by atoms with Crippen LogP contribution in [0, 0.1) is 0 Å². The van der Waals surface area contributed by atoms with Gasteiger partial charge in [-0.25, -0.2) is 4.98 Å². The average molecular weight is 291 g/mol. The van der Waals surface area contributed by atoms with Crippen LogP contribution in [-0.2, 0) is 13.1 Å². The topological polar surface area (TPSA) is 29.9 Å². The summed E-state index contributed by atoms with van der Waals surface area (Å²) >= 11 is 2.01. The predicted molar refractivity (Wildman–Crippen MR) is 89.3 cm³/mol. The molecule has 0 amide bonds. The molecule has 0 atom stereocenters. The van der Waals surface area contributed by atoms with E-state index in [4.69, 9.17) is 0 Å². The van der Waals surface area contributed by atoms with E-state index in [1.807, 2.05) is 24.0 Å². The molecule has 0 spiro atoms. The fraction of sp³-hybridized carbons (Fsp3) is 0.562. The molecular formula is C16H25N3S. The first-order valence-electron chi connectivity index (χ1n) is 7.46. The SMILES string of the molecule is CCSCCCn1cc(CNC(C)C)c2cccnc21. The summed E-state index contributed by atoms with van der Waals surface area (Å²) in [5.41, 5.74) is 2.47. The maximum Gasteiger partial charge on any atom is 0.140 e. The Morgan fingerprint density at radius 1 is 1.40 bits per heavy atom. The summed E-state index contributed by atoms with van der Waals surface area (Å²) in [4.78, 5) is 4.56. The molecule has 110 valence electrons. The summed E-state index contributed by atoms with van der Waals surface area (Å²) < 4.78 is 2.31. The lowest BCUT2D eigenvalue weighted by atomic mass is 10.2. The van der Waals surface area contributed by atoms with Gasteiger partial charge < -0.3 is 9.88 Å². The van der Waals surface area contributed by atoms with Crippen LogP contribution in [0.4, 0.5) is 0 Å². The largest absolute Gasteiger partial charge is 0.332 e. The van der Waals surface area contributed by atoms with Gasteiger partial charge in [-0.05, 0) is 35.6 Å². The third-order valence-electron chi connectivity index (χ3n) is 3.31. The van der Waals surface area contributed by atoms with Crippen LogP contribution in [0.15, 0.2) is 24.5 Å². The first-order valence-corrected chi connectivity index (χ1v) is 8.61. The zero-order valence-electron chi connectivity index (χ0n) is 12.7. The van der Waals surface area contributed by atoms with Crippen LogP contribution in [0.3, 0.4) is 0 Å². The van der Waals surface area contributed by atoms with E-state index < -0.39 is 0 Å². The van der Waals surface area contributed by atoms with Gasteiger partial charge in [-0.2, -0.15) is 11.8 Å². The second-order valence-electron chi connectivity index (χ2n) is 5.31. The third-order valence-corrected chi connectivity index (χ3v) is 4.29. The van der Waals surface area contributed by atoms with Crippen LogP contribution in [0.2, 0.25) is 0 Å². The van der Waals surface area contributed by atoms with E-state index in [1.54, 1.807) is 0 Å². The maximum absolute atomic E-state index is 4.56. The Morgan fingerprint density at radius 3 is 3.00 bits per heavy atom. The van der Waals surface area contributed by atoms with Gasteiger partial charge in [0, 0.05) is 36.9 Å². The van der Waals surface area contributed by atoms with Gasteiger partial charge in [-0.15, -0.1) is 0 Å². The van der Waals surface area contributed by atoms with Gasteiger partial charge in [0.25, 0.3) is 0 Å². The summed E-state index contributed by atoms with van der Waals surface area (Å²) in [6, 6.07) is 4.71. The molecule has 2 heterocycles. The predicted octanol–water partition coefficient (Wildman–Crippen LogP) is 3.68. The minimum atomic E-state index is 0.506. The zero-order valence-corrected chi connectivity index (χ0v) is 13.5. The molecule has 2 rings (SSSR count). The van der Waals surface area contributed by atoms with E-state index in [-0.39, 0.29) is 0 Å². The summed E-state index contributed by atoms with van der Waals surface area (Å²) in [6.45, 7) is 8.55. The van der Waals surface area contributed by atoms with E-state index in [2.05, 4.69) is 47.9 Å². The molecule has 0 aliphatic carbocycles. The Balaban J connectivity index is 2.13. The molecule has 0 aliphatic heterocycles. The number of nitrogens with zero attached hydrogens (tertiary/aromatic N) is 2. The van der Waals surface area contributed by atoms with E-state index >= 15 is 0 Å². The van der Waals surface area contributed by atoms with E-state index in [0.29, 0.717) is 6.04 Å². The zero-order chi connectivity index (χ0) is 14.4. The van der Waals surface area contributed by atoms with Crippen LogP contribution in [0.1, 0.15) is 32.8 Å². The van der Waals surface area contributed by atoms with Crippen molar-refractivity contribution in [2.45, 2.75) is 46.3 Å². The van der Waals surface area contributed by atoms with Crippen LogP contribution in [0.25, 0.3) is 11.0 Å². The lowest BCUT2D eigenvalue weighted by molar-refractivity contribution is 0.588. The maximum atomic E-state index is 4.56. The highest BCUT2D eigenvalue weighted by Crippen LogP contribution is 2.20. The number of pyridine rings is 1. The molecule has 4 heteroatoms. The highest BCUT2D eigenvalue weighted by molar-refractivity contribution is 7.99. The highest BCUT2D eigenvalue weighted by atomic mass is 32.2. The van der Waals surface area contributed by atoms with Crippen molar-refractivity contribution in [1.82, 2.24) is 14.9 Å². The van der Waals surface area contributed by atoms with Gasteiger partial charge >= 0.3 is 0 Å². The number of thioether (sulfide) groups is 1. The molecule has 0 aliphatic rings. The molecule has 0 unspecified atom stereocenters. The molecule has 0 radical (unpaired) electrons. The Bertz CT molecular complexity index is 534. The molecule has 3 nitrogen and oxygen atoms in total. The van der Waals surface area contributed by atoms with Crippen molar-refractivity contribution < 1.29 is 0 Å². The fourth-order valence-corrected chi connectivity index (χ4v) is 2.92. The lowest BCUT2D eigenvalue weighted by Crippen LogP contribution is -2.21. The highest BCUT2D eigenvalue weighted by Gasteiger charge is 2.09. The summed E-state index contributed by atoms with van der Waals surface area (Å²) in [7, 11) is 0. The van der Waals surface area contributed by atoms with Crippen LogP contribution in [-0.4, -0.2) is 27.1 Å². The molecule has 0 bridgehead atoms. The van der Waals surface area contributed by atoms with E-state index in [9.17, 15) is 0 Å². The molecule has 2 aromatic rings. The molecule has 1 N–H and O–H groups in total. The molecule has 0 fully saturated rings. The van der Waals surface area contributed by atoms with E-state index in [0.717, 1.165) is 18.7 Å². The molecule has 0 saturated heterocycles. The Kier molecular flexibility index (Phi) is 5.92. The first-order chi connectivity index (χ1) is 9.72. The minimum Gasteiger partial charge on any atom is -0.332 e. The number of rotatable bonds is 8. The van der Waals surface area contributed by atoms with Crippen LogP contribution >= 0.6 is 11.8 Å². The number of hydrogen-bond acceptors (Lipinski definition) is 3. The quantitative estimate of drug-likeness (QED) is 0.753. The van der Waals surface area contributed by atoms with Gasteiger partial charge in [0.05, 0.1) is 0 Å². The van der Waals surface area contributed by atoms with Crippen molar-refractivity contribution in [3.63, 3.8) is 0 Å². The van der Waals surface area contributed by atoms with Crippen molar-refractivity contribution in [2.75, 3.05) is 11.5 Å². The molecule has 2 aromatic heterocycles. The van der Waals surface area contributed by atoms with Crippen LogP contribution < -0.4 is 5.32 Å². The number of nitrogens with one attached hydrogen (secondary N) is 1. The second-order valence-corrected chi connectivity index (χ2v) is 6.70. The van der Waals surface area contributed by atoms with Crippen molar-refractivity contribution >= 4 is 22.8 Å². The monoisotopic (exact) mass is 291 g/mol. The molecule has 20 heavy (non-hydrogen) atoms. The number of hydrogen-bond donors (Lipinski definition) is 1. The standard InChI is InChI=1S/C16H25N3S/c1-4-20-10-6-9-19-12-14(11-18-13(2)3)15-7-5-8-17-16(15)19/h5,7-8,12-13,18H,4,6,9-11H2,1-3H3. The Labute approximate surface area is 126 Å². The second kappa shape index (κ2) is 7.70. The van der Waals surface area contributed by atoms with Crippen molar-refractivity contribution in [3.05, 3.63) is 30.1 Å². The molecule has 0 saturated carbocycles. The summed E-state index contributed by atoms with van der Waals surface area (Å²) in [5, 5.41) is 4.78. The minimum absolute atomic E-state index is 0.506. The summed E-state index contributed by atoms with van der Waals surface area (Å²) in [5.74, 6) is 2.43. The van der Waals surface area contributed by atoms with Gasteiger partial charge in [-0.1, -0.05) is 20.8 Å². The lowest BCUT2D eigenvalue weighted by Gasteiger charge is -2.06. The van der Waals surface area contributed by atoms with Gasteiger partial charge in [0.15, 0.2) is 0 Å². The smallest absolute Gasteiger partial charge is 0.140 e. The average Bonchev–Trinajstić information content (AvgIpc) is 2.80.